The number of rotatable bonds is 5. The SMILES string of the molecule is C[C@H](Oc1cc(Cl)cnc1N)c1cccc(NC(=O)c2ccc(Cl)c(Cl)c2)c1. The number of benzene rings is 2. The van der Waals surface area contributed by atoms with Crippen molar-refractivity contribution in [2.45, 2.75) is 13.0 Å². The molecule has 2 aromatic carbocycles. The standard InChI is InChI=1S/C20H16Cl3N3O2/c1-11(28-18-9-14(21)10-25-19(18)24)12-3-2-4-15(7-12)26-20(27)13-5-6-16(22)17(23)8-13/h2-11H,1H3,(H2,24,25)(H,26,27)/t11-/m0/s1. The molecular formula is C20H16Cl3N3O2. The van der Waals surface area contributed by atoms with Crippen molar-refractivity contribution in [2.24, 2.45) is 0 Å². The van der Waals surface area contributed by atoms with Crippen LogP contribution >= 0.6 is 34.8 Å². The number of hydrogen-bond acceptors (Lipinski definition) is 4. The predicted molar refractivity (Wildman–Crippen MR) is 114 cm³/mol. The lowest BCUT2D eigenvalue weighted by Crippen LogP contribution is -2.12. The minimum atomic E-state index is -0.343. The summed E-state index contributed by atoms with van der Waals surface area (Å²) in [7, 11) is 0. The average molecular weight is 437 g/mol. The van der Waals surface area contributed by atoms with Gasteiger partial charge in [-0.25, -0.2) is 4.98 Å². The monoisotopic (exact) mass is 435 g/mol. The van der Waals surface area contributed by atoms with Crippen LogP contribution in [0.1, 0.15) is 28.9 Å². The number of hydrogen-bond donors (Lipinski definition) is 2. The van der Waals surface area contributed by atoms with Crippen LogP contribution in [0.5, 0.6) is 5.75 Å². The van der Waals surface area contributed by atoms with Crippen LogP contribution in [0.3, 0.4) is 0 Å². The molecule has 0 bridgehead atoms. The predicted octanol–water partition coefficient (Wildman–Crippen LogP) is 6.02. The first-order chi connectivity index (χ1) is 13.3. The van der Waals surface area contributed by atoms with Crippen molar-refractivity contribution in [1.82, 2.24) is 4.98 Å². The summed E-state index contributed by atoms with van der Waals surface area (Å²) in [6.07, 6.45) is 1.11. The number of pyridine rings is 1. The van der Waals surface area contributed by atoms with Gasteiger partial charge in [0, 0.05) is 23.5 Å². The quantitative estimate of drug-likeness (QED) is 0.513. The van der Waals surface area contributed by atoms with Crippen molar-refractivity contribution >= 4 is 52.2 Å². The summed E-state index contributed by atoms with van der Waals surface area (Å²) in [5, 5.41) is 3.97. The van der Waals surface area contributed by atoms with E-state index in [1.807, 2.05) is 25.1 Å². The van der Waals surface area contributed by atoms with E-state index < -0.39 is 0 Å². The fourth-order valence-electron chi connectivity index (χ4n) is 2.49. The molecule has 1 heterocycles. The van der Waals surface area contributed by atoms with Gasteiger partial charge in [0.15, 0.2) is 11.6 Å². The van der Waals surface area contributed by atoms with Crippen molar-refractivity contribution in [3.05, 3.63) is 80.9 Å². The Hall–Kier alpha value is -2.47. The van der Waals surface area contributed by atoms with Crippen molar-refractivity contribution in [3.8, 4) is 5.75 Å². The van der Waals surface area contributed by atoms with Crippen LogP contribution in [-0.2, 0) is 0 Å². The molecule has 1 atom stereocenters. The summed E-state index contributed by atoms with van der Waals surface area (Å²) >= 11 is 17.8. The Bertz CT molecular complexity index is 1030. The Morgan fingerprint density at radius 3 is 2.64 bits per heavy atom. The number of anilines is 2. The van der Waals surface area contributed by atoms with Crippen LogP contribution in [0.15, 0.2) is 54.7 Å². The van der Waals surface area contributed by atoms with Crippen molar-refractivity contribution < 1.29 is 9.53 Å². The number of carbonyl (C=O) groups is 1. The number of nitrogen functional groups attached to an aromatic ring is 1. The summed E-state index contributed by atoms with van der Waals surface area (Å²) < 4.78 is 5.87. The van der Waals surface area contributed by atoms with Gasteiger partial charge < -0.3 is 15.8 Å². The van der Waals surface area contributed by atoms with Crippen molar-refractivity contribution in [1.29, 1.82) is 0 Å². The Kier molecular flexibility index (Phi) is 6.29. The van der Waals surface area contributed by atoms with Gasteiger partial charge in [0.2, 0.25) is 0 Å². The molecule has 3 N–H and O–H groups in total. The maximum Gasteiger partial charge on any atom is 0.255 e. The van der Waals surface area contributed by atoms with E-state index >= 15 is 0 Å². The largest absolute Gasteiger partial charge is 0.482 e. The lowest BCUT2D eigenvalue weighted by Gasteiger charge is -2.17. The summed E-state index contributed by atoms with van der Waals surface area (Å²) in [6, 6.07) is 13.6. The summed E-state index contributed by atoms with van der Waals surface area (Å²) in [4.78, 5) is 16.4. The number of nitrogens with two attached hydrogens (primary N) is 1. The van der Waals surface area contributed by atoms with Crippen molar-refractivity contribution in [2.75, 3.05) is 11.1 Å². The maximum atomic E-state index is 12.4. The molecule has 0 spiro atoms. The summed E-state index contributed by atoms with van der Waals surface area (Å²) in [6.45, 7) is 1.86. The topological polar surface area (TPSA) is 77.2 Å². The molecule has 3 rings (SSSR count). The van der Waals surface area contributed by atoms with Crippen LogP contribution < -0.4 is 15.8 Å². The third-order valence-electron chi connectivity index (χ3n) is 3.95. The Morgan fingerprint density at radius 1 is 1.11 bits per heavy atom. The van der Waals surface area contributed by atoms with Crippen LogP contribution in [0.25, 0.3) is 0 Å². The van der Waals surface area contributed by atoms with Gasteiger partial charge in [-0.2, -0.15) is 0 Å². The molecule has 1 aromatic heterocycles. The van der Waals surface area contributed by atoms with Gasteiger partial charge in [0.25, 0.3) is 5.91 Å². The molecule has 0 saturated carbocycles. The highest BCUT2D eigenvalue weighted by Gasteiger charge is 2.13. The van der Waals surface area contributed by atoms with E-state index in [1.54, 1.807) is 24.3 Å². The molecule has 144 valence electrons. The summed E-state index contributed by atoms with van der Waals surface area (Å²) in [5.41, 5.74) is 7.68. The van der Waals surface area contributed by atoms with E-state index in [1.165, 1.54) is 12.3 Å². The molecule has 0 aliphatic carbocycles. The van der Waals surface area contributed by atoms with Crippen LogP contribution in [-0.4, -0.2) is 10.9 Å². The maximum absolute atomic E-state index is 12.4. The normalized spacial score (nSPS) is 11.7. The van der Waals surface area contributed by atoms with E-state index in [2.05, 4.69) is 10.3 Å². The van der Waals surface area contributed by atoms with Gasteiger partial charge in [0.1, 0.15) is 6.10 Å². The van der Waals surface area contributed by atoms with Crippen molar-refractivity contribution in [3.63, 3.8) is 0 Å². The van der Waals surface area contributed by atoms with E-state index in [0.717, 1.165) is 5.56 Å². The highest BCUT2D eigenvalue weighted by Crippen LogP contribution is 2.29. The molecule has 28 heavy (non-hydrogen) atoms. The van der Waals surface area contributed by atoms with Gasteiger partial charge in [-0.05, 0) is 42.8 Å². The van der Waals surface area contributed by atoms with Gasteiger partial charge in [-0.1, -0.05) is 46.9 Å². The van der Waals surface area contributed by atoms with Crippen LogP contribution in [0.4, 0.5) is 11.5 Å². The van der Waals surface area contributed by atoms with E-state index in [9.17, 15) is 4.79 Å². The third-order valence-corrected chi connectivity index (χ3v) is 4.89. The second-order valence-corrected chi connectivity index (χ2v) is 7.26. The van der Waals surface area contributed by atoms with Crippen LogP contribution in [0, 0.1) is 0 Å². The number of halogens is 3. The molecule has 1 amide bonds. The average Bonchev–Trinajstić information content (AvgIpc) is 2.67. The minimum Gasteiger partial charge on any atom is -0.482 e. The zero-order valence-corrected chi connectivity index (χ0v) is 17.0. The zero-order valence-electron chi connectivity index (χ0n) is 14.7. The smallest absolute Gasteiger partial charge is 0.255 e. The third kappa shape index (κ3) is 4.87. The molecular weight excluding hydrogens is 421 g/mol. The Morgan fingerprint density at radius 2 is 1.89 bits per heavy atom. The van der Waals surface area contributed by atoms with Gasteiger partial charge in [-0.3, -0.25) is 4.79 Å². The van der Waals surface area contributed by atoms with Crippen LogP contribution in [0.2, 0.25) is 15.1 Å². The highest BCUT2D eigenvalue weighted by atomic mass is 35.5. The number of carbonyl (C=O) groups excluding carboxylic acids is 1. The van der Waals surface area contributed by atoms with Gasteiger partial charge in [-0.15, -0.1) is 0 Å². The van der Waals surface area contributed by atoms with E-state index in [0.29, 0.717) is 32.1 Å². The minimum absolute atomic E-state index is 0.250. The fourth-order valence-corrected chi connectivity index (χ4v) is 2.94. The molecule has 0 unspecified atom stereocenters. The summed E-state index contributed by atoms with van der Waals surface area (Å²) in [5.74, 6) is 0.346. The number of ether oxygens (including phenoxy) is 1. The molecule has 3 aromatic rings. The second kappa shape index (κ2) is 8.69. The van der Waals surface area contributed by atoms with Gasteiger partial charge in [0.05, 0.1) is 15.1 Å². The van der Waals surface area contributed by atoms with E-state index in [4.69, 9.17) is 45.3 Å². The first kappa shape index (κ1) is 20.3. The Balaban J connectivity index is 1.75. The molecule has 8 heteroatoms. The first-order valence-electron chi connectivity index (χ1n) is 8.27. The van der Waals surface area contributed by atoms with Gasteiger partial charge >= 0.3 is 0 Å². The Labute approximate surface area is 177 Å². The number of aromatic nitrogens is 1. The number of nitrogens with one attached hydrogen (secondary N) is 1. The zero-order chi connectivity index (χ0) is 20.3. The highest BCUT2D eigenvalue weighted by molar-refractivity contribution is 6.42. The molecule has 0 aliphatic heterocycles. The number of amides is 1. The lowest BCUT2D eigenvalue weighted by atomic mass is 10.1. The molecule has 5 nitrogen and oxygen atoms in total. The molecule has 0 aliphatic rings. The fraction of sp³-hybridized carbons (Fsp3) is 0.100. The van der Waals surface area contributed by atoms with E-state index in [-0.39, 0.29) is 17.8 Å². The molecule has 0 saturated heterocycles. The molecule has 0 fully saturated rings. The lowest BCUT2D eigenvalue weighted by molar-refractivity contribution is 0.102. The second-order valence-electron chi connectivity index (χ2n) is 6.01. The molecule has 0 radical (unpaired) electrons. The number of nitrogens with zero attached hydrogens (tertiary/aromatic N) is 1. The first-order valence-corrected chi connectivity index (χ1v) is 9.41.